The van der Waals surface area contributed by atoms with E-state index in [4.69, 9.17) is 17.3 Å². The van der Waals surface area contributed by atoms with Gasteiger partial charge >= 0.3 is 6.09 Å². The van der Waals surface area contributed by atoms with Gasteiger partial charge in [-0.2, -0.15) is 0 Å². The number of amides is 1. The Morgan fingerprint density at radius 3 is 1.82 bits per heavy atom. The molecule has 0 aromatic heterocycles. The summed E-state index contributed by atoms with van der Waals surface area (Å²) in [5, 5.41) is 0. The number of primary amides is 1. The zero-order valence-corrected chi connectivity index (χ0v) is 8.23. The van der Waals surface area contributed by atoms with Crippen LogP contribution in [0.4, 0.5) is 4.79 Å². The van der Waals surface area contributed by atoms with Gasteiger partial charge in [0.25, 0.3) is 0 Å². The topological polar surface area (TPSA) is 52.3 Å². The second-order valence-corrected chi connectivity index (χ2v) is 3.34. The number of hydrogen-bond acceptors (Lipinski definition) is 2. The smallest absolute Gasteiger partial charge is 0.405 e. The van der Waals surface area contributed by atoms with Crippen LogP contribution in [0.5, 0.6) is 0 Å². The van der Waals surface area contributed by atoms with Crippen molar-refractivity contribution >= 4 is 17.7 Å². The van der Waals surface area contributed by atoms with Crippen molar-refractivity contribution in [3.8, 4) is 0 Å². The molecule has 0 radical (unpaired) electrons. The van der Waals surface area contributed by atoms with Crippen LogP contribution < -0.4 is 5.73 Å². The van der Waals surface area contributed by atoms with Crippen LogP contribution in [0.1, 0.15) is 27.7 Å². The van der Waals surface area contributed by atoms with E-state index in [1.165, 1.54) is 0 Å². The van der Waals surface area contributed by atoms with E-state index in [1.807, 2.05) is 6.92 Å². The van der Waals surface area contributed by atoms with Crippen LogP contribution in [-0.4, -0.2) is 17.6 Å². The highest BCUT2D eigenvalue weighted by molar-refractivity contribution is 6.17. The molecule has 0 spiro atoms. The molecule has 1 amide bonds. The van der Waals surface area contributed by atoms with Crippen molar-refractivity contribution < 1.29 is 9.53 Å². The van der Waals surface area contributed by atoms with Crippen molar-refractivity contribution in [2.45, 2.75) is 33.3 Å². The van der Waals surface area contributed by atoms with Gasteiger partial charge in [-0.05, 0) is 20.8 Å². The predicted molar refractivity (Wildman–Crippen MR) is 46.8 cm³/mol. The number of rotatable bonds is 0. The van der Waals surface area contributed by atoms with E-state index in [-0.39, 0.29) is 0 Å². The standard InChI is InChI=1S/C5H11NO2.C2H5Cl/c1-5(2,3)8-4(6)7;1-2-3/h1-3H3,(H2,6,7);2H2,1H3. The second kappa shape index (κ2) is 6.28. The maximum Gasteiger partial charge on any atom is 0.405 e. The van der Waals surface area contributed by atoms with Crippen LogP contribution in [0, 0.1) is 0 Å². The number of nitrogens with two attached hydrogens (primary N) is 1. The molecular weight excluding hydrogens is 166 g/mol. The highest BCUT2D eigenvalue weighted by Gasteiger charge is 2.12. The van der Waals surface area contributed by atoms with Gasteiger partial charge in [0, 0.05) is 5.88 Å². The molecule has 0 unspecified atom stereocenters. The van der Waals surface area contributed by atoms with Crippen molar-refractivity contribution in [2.24, 2.45) is 5.73 Å². The van der Waals surface area contributed by atoms with Crippen LogP contribution >= 0.6 is 11.6 Å². The summed E-state index contributed by atoms with van der Waals surface area (Å²) in [6, 6.07) is 0. The van der Waals surface area contributed by atoms with E-state index >= 15 is 0 Å². The summed E-state index contributed by atoms with van der Waals surface area (Å²) in [5.41, 5.74) is 4.26. The number of halogens is 1. The largest absolute Gasteiger partial charge is 0.444 e. The summed E-state index contributed by atoms with van der Waals surface area (Å²) in [4.78, 5) is 10.0. The van der Waals surface area contributed by atoms with Crippen molar-refractivity contribution in [1.29, 1.82) is 0 Å². The molecule has 0 saturated carbocycles. The average Bonchev–Trinajstić information content (AvgIpc) is 1.57. The van der Waals surface area contributed by atoms with Gasteiger partial charge in [-0.25, -0.2) is 4.79 Å². The van der Waals surface area contributed by atoms with E-state index < -0.39 is 11.7 Å². The van der Waals surface area contributed by atoms with Crippen molar-refractivity contribution in [3.63, 3.8) is 0 Å². The van der Waals surface area contributed by atoms with E-state index in [0.717, 1.165) is 5.88 Å². The Morgan fingerprint density at radius 2 is 1.82 bits per heavy atom. The average molecular weight is 182 g/mol. The maximum atomic E-state index is 10.0. The van der Waals surface area contributed by atoms with E-state index in [0.29, 0.717) is 0 Å². The molecule has 0 fully saturated rings. The molecule has 0 aromatic rings. The fourth-order valence-corrected chi connectivity index (χ4v) is 0.302. The molecular formula is C7H16ClNO2. The summed E-state index contributed by atoms with van der Waals surface area (Å²) in [7, 11) is 0. The summed E-state index contributed by atoms with van der Waals surface area (Å²) in [6.07, 6.45) is -0.725. The van der Waals surface area contributed by atoms with Gasteiger partial charge in [-0.1, -0.05) is 6.92 Å². The van der Waals surface area contributed by atoms with Crippen LogP contribution in [-0.2, 0) is 4.74 Å². The van der Waals surface area contributed by atoms with Crippen molar-refractivity contribution in [3.05, 3.63) is 0 Å². The molecule has 4 heteroatoms. The van der Waals surface area contributed by atoms with Crippen LogP contribution in [0.3, 0.4) is 0 Å². The summed E-state index contributed by atoms with van der Waals surface area (Å²) >= 11 is 5.00. The first kappa shape index (κ1) is 13.2. The van der Waals surface area contributed by atoms with Gasteiger partial charge in [0.2, 0.25) is 0 Å². The summed E-state index contributed by atoms with van der Waals surface area (Å²) in [6.45, 7) is 7.18. The zero-order valence-electron chi connectivity index (χ0n) is 7.48. The predicted octanol–water partition coefficient (Wildman–Crippen LogP) is 2.13. The number of alkyl halides is 1. The summed E-state index contributed by atoms with van der Waals surface area (Å²) < 4.78 is 4.58. The lowest BCUT2D eigenvalue weighted by Crippen LogP contribution is -2.27. The van der Waals surface area contributed by atoms with Gasteiger partial charge in [0.1, 0.15) is 5.60 Å². The molecule has 0 atom stereocenters. The molecule has 3 nitrogen and oxygen atoms in total. The third-order valence-corrected chi connectivity index (χ3v) is 0.407. The third kappa shape index (κ3) is 26.3. The fourth-order valence-electron chi connectivity index (χ4n) is 0.302. The lowest BCUT2D eigenvalue weighted by molar-refractivity contribution is 0.0600. The number of ether oxygens (including phenoxy) is 1. The molecule has 0 rings (SSSR count). The Bertz CT molecular complexity index is 109. The molecule has 0 heterocycles. The number of carbonyl (C=O) groups is 1. The van der Waals surface area contributed by atoms with Gasteiger partial charge in [-0.15, -0.1) is 11.6 Å². The minimum atomic E-state index is -0.725. The van der Waals surface area contributed by atoms with E-state index in [2.05, 4.69) is 4.74 Å². The third-order valence-electron chi connectivity index (χ3n) is 0.407. The molecule has 0 aliphatic heterocycles. The molecule has 0 aliphatic carbocycles. The molecule has 0 aromatic carbocycles. The number of hydrogen-bond donors (Lipinski definition) is 1. The van der Waals surface area contributed by atoms with Gasteiger partial charge < -0.3 is 10.5 Å². The first-order valence-electron chi connectivity index (χ1n) is 3.38. The van der Waals surface area contributed by atoms with Crippen LogP contribution in [0.15, 0.2) is 0 Å². The highest BCUT2D eigenvalue weighted by atomic mass is 35.5. The molecule has 0 aliphatic rings. The highest BCUT2D eigenvalue weighted by Crippen LogP contribution is 2.04. The van der Waals surface area contributed by atoms with Crippen molar-refractivity contribution in [2.75, 3.05) is 5.88 Å². The normalized spacial score (nSPS) is 9.55. The Balaban J connectivity index is 0. The molecule has 0 bridgehead atoms. The molecule has 2 N–H and O–H groups in total. The molecule has 0 saturated heterocycles. The Labute approximate surface area is 72.9 Å². The maximum absolute atomic E-state index is 10.0. The fraction of sp³-hybridized carbons (Fsp3) is 0.857. The Kier molecular flexibility index (Phi) is 7.52. The molecule has 68 valence electrons. The first-order valence-corrected chi connectivity index (χ1v) is 3.91. The Morgan fingerprint density at radius 1 is 1.55 bits per heavy atom. The van der Waals surface area contributed by atoms with Gasteiger partial charge in [-0.3, -0.25) is 0 Å². The minimum absolute atomic E-state index is 0.453. The summed E-state index contributed by atoms with van der Waals surface area (Å²) in [5.74, 6) is 0.722. The Hall–Kier alpha value is -0.440. The number of carbonyl (C=O) groups excluding carboxylic acids is 1. The monoisotopic (exact) mass is 181 g/mol. The second-order valence-electron chi connectivity index (χ2n) is 2.80. The van der Waals surface area contributed by atoms with E-state index in [9.17, 15) is 4.79 Å². The van der Waals surface area contributed by atoms with Crippen molar-refractivity contribution in [1.82, 2.24) is 0 Å². The van der Waals surface area contributed by atoms with E-state index in [1.54, 1.807) is 20.8 Å². The zero-order chi connectivity index (χ0) is 9.49. The van der Waals surface area contributed by atoms with Gasteiger partial charge in [0.15, 0.2) is 0 Å². The lowest BCUT2D eigenvalue weighted by atomic mass is 10.2. The van der Waals surface area contributed by atoms with Gasteiger partial charge in [0.05, 0.1) is 0 Å². The minimum Gasteiger partial charge on any atom is -0.444 e. The quantitative estimate of drug-likeness (QED) is 0.582. The first-order chi connectivity index (χ1) is 4.83. The SMILES string of the molecule is CC(C)(C)OC(N)=O.CCCl. The molecule has 11 heavy (non-hydrogen) atoms. The van der Waals surface area contributed by atoms with Crippen LogP contribution in [0.2, 0.25) is 0 Å². The van der Waals surface area contributed by atoms with Crippen LogP contribution in [0.25, 0.3) is 0 Å². The lowest BCUT2D eigenvalue weighted by Gasteiger charge is -2.16.